The van der Waals surface area contributed by atoms with Gasteiger partial charge in [0, 0.05) is 0 Å². The Bertz CT molecular complexity index is 195. The zero-order chi connectivity index (χ0) is 17.8. The molecule has 0 unspecified atom stereocenters. The van der Waals surface area contributed by atoms with Gasteiger partial charge in [-0.15, -0.1) is 0 Å². The van der Waals surface area contributed by atoms with Crippen LogP contribution in [0.5, 0.6) is 0 Å². The summed E-state index contributed by atoms with van der Waals surface area (Å²) < 4.78 is 0. The molecule has 0 atom stereocenters. The first-order chi connectivity index (χ1) is 8.91. The van der Waals surface area contributed by atoms with E-state index in [-0.39, 0.29) is 21.1 Å². The van der Waals surface area contributed by atoms with Crippen molar-refractivity contribution in [1.82, 2.24) is 0 Å². The molecular weight excluding hydrogens is 438 g/mol. The molecule has 0 aliphatic carbocycles. The van der Waals surface area contributed by atoms with Gasteiger partial charge in [0.2, 0.25) is 0 Å². The van der Waals surface area contributed by atoms with E-state index in [4.69, 9.17) is 29.4 Å². The minimum atomic E-state index is -3.81. The van der Waals surface area contributed by atoms with Crippen LogP contribution in [0, 0.1) is 20.8 Å². The fourth-order valence-corrected chi connectivity index (χ4v) is 0.427. The van der Waals surface area contributed by atoms with Gasteiger partial charge in [-0.05, 0) is 23.6 Å². The van der Waals surface area contributed by atoms with E-state index in [9.17, 15) is 0 Å². The molecule has 0 aromatic heterocycles. The minimum Gasteiger partial charge on any atom is -0.346 e. The summed E-state index contributed by atoms with van der Waals surface area (Å²) in [5.74, 6) is 0. The molecule has 133 valence electrons. The van der Waals surface area contributed by atoms with E-state index in [1.807, 2.05) is 0 Å². The molecule has 0 bridgehead atoms. The van der Waals surface area contributed by atoms with Gasteiger partial charge in [0.25, 0.3) is 0 Å². The second-order valence-corrected chi connectivity index (χ2v) is 7.58. The largest absolute Gasteiger partial charge is 3.00 e. The number of hydrogen-bond donors (Lipinski definition) is 6. The maximum absolute atomic E-state index is 7.56. The number of unbranched alkanes of at least 4 members (excludes halogenated alkanes) is 3. The Morgan fingerprint density at radius 1 is 0.762 bits per heavy atom. The Balaban J connectivity index is -0.0000000352. The quantitative estimate of drug-likeness (QED) is 0.162. The van der Waals surface area contributed by atoms with Crippen molar-refractivity contribution >= 4 is 37.1 Å². The van der Waals surface area contributed by atoms with Crippen molar-refractivity contribution in [2.24, 2.45) is 0 Å². The van der Waals surface area contributed by atoms with Gasteiger partial charge in [-0.1, -0.05) is 26.2 Å². The van der Waals surface area contributed by atoms with Gasteiger partial charge in [-0.25, -0.2) is 0 Å². The van der Waals surface area contributed by atoms with Crippen LogP contribution in [-0.4, -0.2) is 29.4 Å². The molecule has 0 saturated heterocycles. The molecule has 1 radical (unpaired) electrons. The number of rotatable bonds is 3. The zero-order valence-corrected chi connectivity index (χ0v) is 18.2. The van der Waals surface area contributed by atoms with Crippen LogP contribution >= 0.6 is 13.4 Å². The summed E-state index contributed by atoms with van der Waals surface area (Å²) in [5.41, 5.74) is 0. The van der Waals surface area contributed by atoms with Crippen molar-refractivity contribution in [3.8, 4) is 0 Å². The van der Waals surface area contributed by atoms with Crippen molar-refractivity contribution in [1.29, 1.82) is 0 Å². The van der Waals surface area contributed by atoms with Crippen LogP contribution in [0.15, 0.2) is 0 Å². The van der Waals surface area contributed by atoms with E-state index in [2.05, 4.69) is 51.3 Å². The molecule has 6 N–H and O–H groups in total. The third-order valence-electron chi connectivity index (χ3n) is 0.854. The van der Waals surface area contributed by atoms with Gasteiger partial charge < -0.3 is 50.1 Å². The maximum atomic E-state index is 7.56. The smallest absolute Gasteiger partial charge is 0.346 e. The Kier molecular flexibility index (Phi) is 54.3. The maximum Gasteiger partial charge on any atom is 3.00 e. The molecule has 0 spiro atoms. The summed E-state index contributed by atoms with van der Waals surface area (Å²) in [5, 5.41) is 0. The minimum absolute atomic E-state index is 0. The molecule has 0 aliphatic rings. The first kappa shape index (κ1) is 38.4. The second-order valence-electron chi connectivity index (χ2n) is 2.59. The molecule has 0 rings (SSSR count). The van der Waals surface area contributed by atoms with Gasteiger partial charge in [0.05, 0.1) is 0 Å². The van der Waals surface area contributed by atoms with Gasteiger partial charge in [0.1, 0.15) is 0 Å². The van der Waals surface area contributed by atoms with Crippen molar-refractivity contribution in [2.45, 2.75) is 46.5 Å². The fourth-order valence-electron chi connectivity index (χ4n) is 0.427. The Hall–Kier alpha value is 1.75. The van der Waals surface area contributed by atoms with Crippen LogP contribution in [0.25, 0.3) is 0 Å². The molecule has 21 heavy (non-hydrogen) atoms. The molecular formula is C10H29MoO6P2S2. The molecule has 0 aromatic carbocycles. The molecule has 0 saturated carbocycles. The zero-order valence-electron chi connectivity index (χ0n) is 12.8. The van der Waals surface area contributed by atoms with Crippen LogP contribution in [0.3, 0.4) is 0 Å². The van der Waals surface area contributed by atoms with Crippen LogP contribution in [0.1, 0.15) is 46.5 Å². The Morgan fingerprint density at radius 3 is 1.00 bits per heavy atom. The van der Waals surface area contributed by atoms with Crippen LogP contribution in [0.4, 0.5) is 0 Å². The Labute approximate surface area is 154 Å². The molecule has 0 heterocycles. The van der Waals surface area contributed by atoms with Gasteiger partial charge in [0.15, 0.2) is 0 Å². The predicted octanol–water partition coefficient (Wildman–Crippen LogP) is 2.45. The van der Waals surface area contributed by atoms with Crippen LogP contribution < -0.4 is 0 Å². The third kappa shape index (κ3) is 376. The average molecular weight is 467 g/mol. The summed E-state index contributed by atoms with van der Waals surface area (Å²) in [4.78, 5) is 45.3. The summed E-state index contributed by atoms with van der Waals surface area (Å²) in [7, 11) is 0. The summed E-state index contributed by atoms with van der Waals surface area (Å²) in [6.07, 6.45) is 5.07. The molecule has 6 nitrogen and oxygen atoms in total. The first-order valence-corrected chi connectivity index (χ1v) is 11.0. The summed E-state index contributed by atoms with van der Waals surface area (Å²) >= 11 is 7.21. The SMILES string of the molecule is OP(O)(O)=S.OP(O)(O)=S.[CH2-]C.[CH2-]C.[CH2-]CCCCC.[Mo+3]. The molecule has 0 aliphatic heterocycles. The van der Waals surface area contributed by atoms with E-state index in [1.165, 1.54) is 19.3 Å². The van der Waals surface area contributed by atoms with Gasteiger partial charge in [-0.3, -0.25) is 0 Å². The monoisotopic (exact) mass is 469 g/mol. The fraction of sp³-hybridized carbons (Fsp3) is 0.700. The topological polar surface area (TPSA) is 121 Å². The van der Waals surface area contributed by atoms with E-state index in [0.717, 1.165) is 6.42 Å². The molecule has 0 aromatic rings. The van der Waals surface area contributed by atoms with Crippen molar-refractivity contribution < 1.29 is 50.4 Å². The van der Waals surface area contributed by atoms with Gasteiger partial charge >= 0.3 is 34.5 Å². The van der Waals surface area contributed by atoms with Gasteiger partial charge in [-0.2, -0.15) is 20.3 Å². The van der Waals surface area contributed by atoms with E-state index >= 15 is 0 Å². The van der Waals surface area contributed by atoms with Crippen molar-refractivity contribution in [3.63, 3.8) is 0 Å². The third-order valence-corrected chi connectivity index (χ3v) is 0.854. The number of hydrogen-bond acceptors (Lipinski definition) is 2. The molecule has 11 heteroatoms. The van der Waals surface area contributed by atoms with E-state index < -0.39 is 13.4 Å². The standard InChI is InChI=1S/C6H13.2C2H5.Mo.2H3O3PS/c1-3-5-6-4-2;2*1-2;;2*1-4(2,3)5/h1,3-6H2,2H3;2*1H2,2H3;;2*(H3,1,2,3,5)/q3*-1;+3;;. The average Bonchev–Trinajstić information content (AvgIpc) is 2.27. The summed E-state index contributed by atoms with van der Waals surface area (Å²) in [6.45, 7) is 8.32. The van der Waals surface area contributed by atoms with E-state index in [1.54, 1.807) is 13.8 Å². The second kappa shape index (κ2) is 29.7. The van der Waals surface area contributed by atoms with Crippen molar-refractivity contribution in [2.75, 3.05) is 0 Å². The first-order valence-electron chi connectivity index (χ1n) is 5.69. The summed E-state index contributed by atoms with van der Waals surface area (Å²) in [6, 6.07) is 0. The van der Waals surface area contributed by atoms with Crippen molar-refractivity contribution in [3.05, 3.63) is 20.8 Å². The van der Waals surface area contributed by atoms with Crippen LogP contribution in [-0.2, 0) is 44.7 Å². The van der Waals surface area contributed by atoms with Crippen LogP contribution in [0.2, 0.25) is 0 Å². The van der Waals surface area contributed by atoms with E-state index in [0.29, 0.717) is 0 Å². The predicted molar refractivity (Wildman–Crippen MR) is 93.4 cm³/mol. The molecule has 0 fully saturated rings. The Morgan fingerprint density at radius 2 is 0.952 bits per heavy atom. The normalized spacial score (nSPS) is 8.76. The molecule has 0 amide bonds.